The van der Waals surface area contributed by atoms with Crippen molar-refractivity contribution in [3.8, 4) is 11.3 Å². The molecule has 0 fully saturated rings. The van der Waals surface area contributed by atoms with Crippen LogP contribution in [-0.2, 0) is 23.0 Å². The second kappa shape index (κ2) is 15.8. The van der Waals surface area contributed by atoms with Gasteiger partial charge in [0, 0.05) is 55.1 Å². The van der Waals surface area contributed by atoms with Gasteiger partial charge in [0.1, 0.15) is 0 Å². The van der Waals surface area contributed by atoms with Gasteiger partial charge in [-0.2, -0.15) is 0 Å². The zero-order chi connectivity index (χ0) is 36.0. The number of benzene rings is 4. The Bertz CT molecular complexity index is 2150. The summed E-state index contributed by atoms with van der Waals surface area (Å²) in [6.07, 6.45) is 6.32. The van der Waals surface area contributed by atoms with Crippen LogP contribution in [0, 0.1) is 0 Å². The van der Waals surface area contributed by atoms with Crippen molar-refractivity contribution in [2.45, 2.75) is 63.4 Å². The number of amides is 2. The molecule has 51 heavy (non-hydrogen) atoms. The summed E-state index contributed by atoms with van der Waals surface area (Å²) in [5.74, 6) is -0.601. The maximum Gasteiger partial charge on any atom is 0.265 e. The van der Waals surface area contributed by atoms with Crippen molar-refractivity contribution in [3.05, 3.63) is 119 Å². The Hall–Kier alpha value is -5.13. The van der Waals surface area contributed by atoms with Crippen LogP contribution in [0.25, 0.3) is 22.0 Å². The number of nitrogens with one attached hydrogen (secondary N) is 1. The number of nitrogens with two attached hydrogens (primary N) is 1. The number of hydrogen-bond acceptors (Lipinski definition) is 8. The van der Waals surface area contributed by atoms with Crippen LogP contribution in [0.1, 0.15) is 71.4 Å². The number of unbranched alkanes of at least 4 members (excludes halogenated alkanes) is 2. The normalized spacial score (nSPS) is 14.3. The van der Waals surface area contributed by atoms with E-state index in [0.29, 0.717) is 30.2 Å². The highest BCUT2D eigenvalue weighted by atomic mass is 32.2. The van der Waals surface area contributed by atoms with Crippen molar-refractivity contribution in [2.24, 2.45) is 5.73 Å². The quantitative estimate of drug-likeness (QED) is 0.145. The molecule has 1 aliphatic heterocycles. The Balaban J connectivity index is 1.39. The predicted octanol–water partition coefficient (Wildman–Crippen LogP) is 6.35. The Morgan fingerprint density at radius 3 is 2.31 bits per heavy atom. The van der Waals surface area contributed by atoms with Crippen LogP contribution in [0.5, 0.6) is 0 Å². The van der Waals surface area contributed by atoms with Crippen LogP contribution in [0.2, 0.25) is 0 Å². The summed E-state index contributed by atoms with van der Waals surface area (Å²) in [6.45, 7) is 6.50. The largest absolute Gasteiger partial charge is 0.341 e. The van der Waals surface area contributed by atoms with Crippen molar-refractivity contribution in [2.75, 3.05) is 24.5 Å². The summed E-state index contributed by atoms with van der Waals surface area (Å²) >= 11 is 0. The van der Waals surface area contributed by atoms with Gasteiger partial charge >= 0.3 is 0 Å². The smallest absolute Gasteiger partial charge is 0.265 e. The van der Waals surface area contributed by atoms with Crippen molar-refractivity contribution >= 4 is 38.6 Å². The fourth-order valence-corrected chi connectivity index (χ4v) is 7.52. The minimum absolute atomic E-state index is 0.0231. The lowest BCUT2D eigenvalue weighted by atomic mass is 9.92. The van der Waals surface area contributed by atoms with Crippen LogP contribution < -0.4 is 15.4 Å². The number of fused-ring (bicyclic) bond motifs is 2. The first-order valence-electron chi connectivity index (χ1n) is 17.6. The first kappa shape index (κ1) is 35.7. The molecule has 10 nitrogen and oxygen atoms in total. The fraction of sp³-hybridized carbons (Fsp3) is 0.300. The molecule has 264 valence electrons. The minimum Gasteiger partial charge on any atom is -0.341 e. The molecule has 1 aromatic heterocycles. The van der Waals surface area contributed by atoms with Gasteiger partial charge in [0.2, 0.25) is 5.95 Å². The summed E-state index contributed by atoms with van der Waals surface area (Å²) in [6, 6.07) is 26.2. The van der Waals surface area contributed by atoms with Gasteiger partial charge in [0.05, 0.1) is 10.6 Å². The topological polar surface area (TPSA) is 139 Å². The van der Waals surface area contributed by atoms with E-state index >= 15 is 0 Å². The van der Waals surface area contributed by atoms with E-state index in [1.54, 1.807) is 29.3 Å². The van der Waals surface area contributed by atoms with Gasteiger partial charge in [0.15, 0.2) is 0 Å². The average molecular weight is 705 g/mol. The molecule has 0 saturated heterocycles. The number of rotatable bonds is 13. The molecule has 0 radical (unpaired) electrons. The van der Waals surface area contributed by atoms with Gasteiger partial charge in [-0.05, 0) is 71.5 Å². The molecular weight excluding hydrogens is 661 g/mol. The van der Waals surface area contributed by atoms with Crippen molar-refractivity contribution in [1.82, 2.24) is 19.6 Å². The molecule has 1 atom stereocenters. The summed E-state index contributed by atoms with van der Waals surface area (Å²) in [4.78, 5) is 41.7. The monoisotopic (exact) mass is 704 g/mol. The van der Waals surface area contributed by atoms with E-state index in [4.69, 9.17) is 10.7 Å². The van der Waals surface area contributed by atoms with E-state index in [2.05, 4.69) is 34.5 Å². The third-order valence-corrected chi connectivity index (χ3v) is 10.8. The molecule has 0 spiro atoms. The van der Waals surface area contributed by atoms with Gasteiger partial charge in [0.25, 0.3) is 21.8 Å². The SMILES string of the molecule is CCCCN(CCCC)c1nccc(-c2ccc(C(=O)NS(=O)(=O)c3ccc4ccccc4c3)cc2C(=O)N2Cc3ccccc3C[C@H]2CN)n1. The van der Waals surface area contributed by atoms with Gasteiger partial charge in [-0.1, -0.05) is 87.4 Å². The van der Waals surface area contributed by atoms with E-state index in [9.17, 15) is 18.0 Å². The summed E-state index contributed by atoms with van der Waals surface area (Å²) in [5.41, 5.74) is 9.69. The lowest BCUT2D eigenvalue weighted by Gasteiger charge is -2.37. The van der Waals surface area contributed by atoms with E-state index in [1.807, 2.05) is 42.5 Å². The van der Waals surface area contributed by atoms with E-state index in [0.717, 1.165) is 60.7 Å². The van der Waals surface area contributed by atoms with E-state index in [1.165, 1.54) is 24.3 Å². The Kier molecular flexibility index (Phi) is 11.1. The predicted molar refractivity (Wildman–Crippen MR) is 201 cm³/mol. The van der Waals surface area contributed by atoms with Crippen LogP contribution in [0.15, 0.2) is 102 Å². The highest BCUT2D eigenvalue weighted by Crippen LogP contribution is 2.30. The molecule has 0 unspecified atom stereocenters. The van der Waals surface area contributed by atoms with Crippen LogP contribution >= 0.6 is 0 Å². The molecule has 11 heteroatoms. The number of aromatic nitrogens is 2. The van der Waals surface area contributed by atoms with Crippen LogP contribution in [0.3, 0.4) is 0 Å². The van der Waals surface area contributed by atoms with Gasteiger partial charge in [-0.25, -0.2) is 23.1 Å². The molecule has 3 N–H and O–H groups in total. The molecule has 5 aromatic rings. The Labute approximate surface area is 299 Å². The summed E-state index contributed by atoms with van der Waals surface area (Å²) in [5, 5.41) is 1.61. The number of carbonyl (C=O) groups excluding carboxylic acids is 2. The van der Waals surface area contributed by atoms with Gasteiger partial charge in [-0.15, -0.1) is 0 Å². The van der Waals surface area contributed by atoms with Crippen molar-refractivity contribution < 1.29 is 18.0 Å². The number of carbonyl (C=O) groups is 2. The average Bonchev–Trinajstić information content (AvgIpc) is 3.16. The molecule has 0 aliphatic carbocycles. The number of nitrogens with zero attached hydrogens (tertiary/aromatic N) is 4. The molecule has 1 aliphatic rings. The van der Waals surface area contributed by atoms with Crippen molar-refractivity contribution in [3.63, 3.8) is 0 Å². The Morgan fingerprint density at radius 2 is 1.59 bits per heavy atom. The van der Waals surface area contributed by atoms with Gasteiger partial charge < -0.3 is 15.5 Å². The number of anilines is 1. The Morgan fingerprint density at radius 1 is 0.882 bits per heavy atom. The standard InChI is InChI=1S/C40H44N6O4S/c1-3-5-21-45(22-6-4-2)40-42-20-19-37(43-40)35-18-16-31(38(47)44-51(49,50)34-17-15-28-11-7-8-13-30(28)24-34)25-36(35)39(48)46-27-32-14-10-9-12-29(32)23-33(46)26-41/h7-20,24-25,33H,3-6,21-23,26-27,41H2,1-2H3,(H,44,47)/t33-/m0/s1. The molecule has 4 aromatic carbocycles. The zero-order valence-electron chi connectivity index (χ0n) is 29.1. The van der Waals surface area contributed by atoms with E-state index < -0.39 is 15.9 Å². The maximum atomic E-state index is 14.6. The lowest BCUT2D eigenvalue weighted by Crippen LogP contribution is -2.48. The number of hydrogen-bond donors (Lipinski definition) is 2. The molecule has 0 saturated carbocycles. The van der Waals surface area contributed by atoms with E-state index in [-0.39, 0.29) is 34.5 Å². The second-order valence-electron chi connectivity index (χ2n) is 12.9. The molecular formula is C40H44N6O4S. The first-order chi connectivity index (χ1) is 24.7. The number of sulfonamides is 1. The van der Waals surface area contributed by atoms with Gasteiger partial charge in [-0.3, -0.25) is 9.59 Å². The zero-order valence-corrected chi connectivity index (χ0v) is 29.9. The fourth-order valence-electron chi connectivity index (χ4n) is 6.51. The second-order valence-corrected chi connectivity index (χ2v) is 14.6. The highest BCUT2D eigenvalue weighted by molar-refractivity contribution is 7.90. The highest BCUT2D eigenvalue weighted by Gasteiger charge is 2.32. The molecule has 2 heterocycles. The molecule has 2 amide bonds. The molecule has 0 bridgehead atoms. The summed E-state index contributed by atoms with van der Waals surface area (Å²) in [7, 11) is -4.23. The third kappa shape index (κ3) is 7.95. The van der Waals surface area contributed by atoms with Crippen LogP contribution in [-0.4, -0.2) is 60.8 Å². The molecule has 6 rings (SSSR count). The maximum absolute atomic E-state index is 14.6. The minimum atomic E-state index is -4.23. The lowest BCUT2D eigenvalue weighted by molar-refractivity contribution is 0.0648. The van der Waals surface area contributed by atoms with Crippen LogP contribution in [0.4, 0.5) is 5.95 Å². The summed E-state index contributed by atoms with van der Waals surface area (Å²) < 4.78 is 29.1. The first-order valence-corrected chi connectivity index (χ1v) is 19.1. The van der Waals surface area contributed by atoms with Crippen molar-refractivity contribution in [1.29, 1.82) is 0 Å². The third-order valence-electron chi connectivity index (χ3n) is 9.42.